The number of rotatable bonds is 5. The van der Waals surface area contributed by atoms with E-state index >= 15 is 0 Å². The molecule has 0 spiro atoms. The van der Waals surface area contributed by atoms with Crippen molar-refractivity contribution in [1.82, 2.24) is 10.6 Å². The van der Waals surface area contributed by atoms with Crippen LogP contribution in [0.1, 0.15) is 19.4 Å². The van der Waals surface area contributed by atoms with Crippen molar-refractivity contribution in [2.24, 2.45) is 15.9 Å². The minimum Gasteiger partial charge on any atom is -0.507 e. The predicted molar refractivity (Wildman–Crippen MR) is 98.8 cm³/mol. The first-order chi connectivity index (χ1) is 11.7. The van der Waals surface area contributed by atoms with Crippen LogP contribution in [0.15, 0.2) is 58.1 Å². The molecule has 1 aliphatic heterocycles. The van der Waals surface area contributed by atoms with Gasteiger partial charge in [0.05, 0.1) is 24.1 Å². The third-order valence-corrected chi connectivity index (χ3v) is 4.19. The fourth-order valence-electron chi connectivity index (χ4n) is 2.94. The molecule has 0 saturated carbocycles. The molecule has 1 heterocycles. The third-order valence-electron chi connectivity index (χ3n) is 4.19. The first-order valence-electron chi connectivity index (χ1n) is 8.44. The van der Waals surface area contributed by atoms with Gasteiger partial charge < -0.3 is 15.7 Å². The number of allylic oxidation sites excluding steroid dienone is 2. The fourth-order valence-corrected chi connectivity index (χ4v) is 2.94. The molecule has 0 saturated heterocycles. The van der Waals surface area contributed by atoms with Crippen molar-refractivity contribution in [2.75, 3.05) is 19.6 Å². The van der Waals surface area contributed by atoms with Crippen LogP contribution in [-0.4, -0.2) is 42.5 Å². The second-order valence-electron chi connectivity index (χ2n) is 6.03. The average Bonchev–Trinajstić information content (AvgIpc) is 2.58. The van der Waals surface area contributed by atoms with Crippen LogP contribution in [0, 0.1) is 5.92 Å². The van der Waals surface area contributed by atoms with Crippen molar-refractivity contribution in [3.63, 3.8) is 0 Å². The molecule has 0 radical (unpaired) electrons. The van der Waals surface area contributed by atoms with Crippen LogP contribution in [0.5, 0.6) is 5.75 Å². The summed E-state index contributed by atoms with van der Waals surface area (Å²) in [5, 5.41) is 16.8. The molecule has 126 valence electrons. The molecule has 0 bridgehead atoms. The van der Waals surface area contributed by atoms with Crippen molar-refractivity contribution in [3.8, 4) is 5.75 Å². The molecule has 2 aliphatic rings. The molecular formula is C19H24N4O. The van der Waals surface area contributed by atoms with E-state index in [-0.39, 0.29) is 17.7 Å². The molecule has 1 aliphatic carbocycles. The number of fused-ring (bicyclic) bond motifs is 1. The van der Waals surface area contributed by atoms with Gasteiger partial charge in [0, 0.05) is 6.54 Å². The van der Waals surface area contributed by atoms with E-state index < -0.39 is 0 Å². The fraction of sp³-hybridized carbons (Fsp3) is 0.368. The summed E-state index contributed by atoms with van der Waals surface area (Å²) >= 11 is 0. The number of aromatic hydroxyl groups is 1. The molecule has 2 atom stereocenters. The summed E-state index contributed by atoms with van der Waals surface area (Å²) in [6.45, 7) is 6.66. The number of phenolic OH excluding ortho intramolecular Hbond substituents is 1. The SMILES string of the molecule is CCNCCN=C1NC(c2ccccc2O)=NC2C=C(C)C=CC12. The van der Waals surface area contributed by atoms with Crippen LogP contribution in [0.3, 0.4) is 0 Å². The summed E-state index contributed by atoms with van der Waals surface area (Å²) < 4.78 is 0. The number of hydrogen-bond donors (Lipinski definition) is 3. The summed E-state index contributed by atoms with van der Waals surface area (Å²) in [4.78, 5) is 9.54. The maximum Gasteiger partial charge on any atom is 0.138 e. The monoisotopic (exact) mass is 324 g/mol. The number of hydrogen-bond acceptors (Lipinski definition) is 4. The van der Waals surface area contributed by atoms with Gasteiger partial charge in [0.25, 0.3) is 0 Å². The van der Waals surface area contributed by atoms with E-state index in [2.05, 4.69) is 42.7 Å². The zero-order chi connectivity index (χ0) is 16.9. The van der Waals surface area contributed by atoms with Crippen LogP contribution in [0.25, 0.3) is 0 Å². The van der Waals surface area contributed by atoms with Crippen molar-refractivity contribution < 1.29 is 5.11 Å². The highest BCUT2D eigenvalue weighted by molar-refractivity contribution is 6.13. The first-order valence-corrected chi connectivity index (χ1v) is 8.44. The summed E-state index contributed by atoms with van der Waals surface area (Å²) in [5.41, 5.74) is 1.90. The van der Waals surface area contributed by atoms with E-state index in [9.17, 15) is 5.11 Å². The topological polar surface area (TPSA) is 69.0 Å². The van der Waals surface area contributed by atoms with E-state index in [4.69, 9.17) is 9.98 Å². The van der Waals surface area contributed by atoms with Crippen LogP contribution < -0.4 is 10.6 Å². The molecule has 0 aromatic heterocycles. The second kappa shape index (κ2) is 7.45. The Bertz CT molecular complexity index is 718. The zero-order valence-corrected chi connectivity index (χ0v) is 14.2. The summed E-state index contributed by atoms with van der Waals surface area (Å²) in [6.07, 6.45) is 6.43. The van der Waals surface area contributed by atoms with E-state index in [1.54, 1.807) is 6.07 Å². The van der Waals surface area contributed by atoms with Gasteiger partial charge in [-0.05, 0) is 25.6 Å². The van der Waals surface area contributed by atoms with Gasteiger partial charge in [0.15, 0.2) is 0 Å². The van der Waals surface area contributed by atoms with Crippen LogP contribution in [-0.2, 0) is 0 Å². The smallest absolute Gasteiger partial charge is 0.138 e. The number of aliphatic imine (C=N–C) groups is 2. The number of phenols is 1. The lowest BCUT2D eigenvalue weighted by Crippen LogP contribution is -2.46. The largest absolute Gasteiger partial charge is 0.507 e. The maximum atomic E-state index is 10.1. The van der Waals surface area contributed by atoms with Gasteiger partial charge in [-0.15, -0.1) is 0 Å². The Morgan fingerprint density at radius 2 is 2.17 bits per heavy atom. The lowest BCUT2D eigenvalue weighted by Gasteiger charge is -2.31. The van der Waals surface area contributed by atoms with Crippen molar-refractivity contribution in [1.29, 1.82) is 0 Å². The standard InChI is InChI=1S/C19H24N4O/c1-3-20-10-11-21-18-14-9-8-13(2)12-16(14)22-19(23-18)15-6-4-5-7-17(15)24/h4-9,12,14,16,20,24H,3,10-11H2,1-2H3,(H,21,22,23). The molecular weight excluding hydrogens is 300 g/mol. The summed E-state index contributed by atoms with van der Waals surface area (Å²) in [6, 6.07) is 7.27. The Morgan fingerprint density at radius 1 is 1.33 bits per heavy atom. The Hall–Kier alpha value is -2.40. The van der Waals surface area contributed by atoms with Crippen LogP contribution >= 0.6 is 0 Å². The van der Waals surface area contributed by atoms with Gasteiger partial charge in [0.2, 0.25) is 0 Å². The lowest BCUT2D eigenvalue weighted by molar-refractivity contribution is 0.473. The molecule has 1 aromatic carbocycles. The normalized spacial score (nSPS) is 24.2. The average molecular weight is 324 g/mol. The molecule has 2 unspecified atom stereocenters. The van der Waals surface area contributed by atoms with Gasteiger partial charge >= 0.3 is 0 Å². The highest BCUT2D eigenvalue weighted by Gasteiger charge is 2.30. The van der Waals surface area contributed by atoms with Crippen molar-refractivity contribution in [3.05, 3.63) is 53.6 Å². The van der Waals surface area contributed by atoms with Crippen LogP contribution in [0.2, 0.25) is 0 Å². The maximum absolute atomic E-state index is 10.1. The van der Waals surface area contributed by atoms with Gasteiger partial charge in [0.1, 0.15) is 17.4 Å². The van der Waals surface area contributed by atoms with E-state index in [1.807, 2.05) is 18.2 Å². The quantitative estimate of drug-likeness (QED) is 0.728. The van der Waals surface area contributed by atoms with E-state index in [0.717, 1.165) is 18.9 Å². The number of likely N-dealkylation sites (N-methyl/N-ethyl adjacent to an activating group) is 1. The zero-order valence-electron chi connectivity index (χ0n) is 14.2. The molecule has 1 aromatic rings. The van der Waals surface area contributed by atoms with Crippen molar-refractivity contribution in [2.45, 2.75) is 19.9 Å². The third kappa shape index (κ3) is 3.57. The first kappa shape index (κ1) is 16.5. The van der Waals surface area contributed by atoms with Gasteiger partial charge in [-0.1, -0.05) is 42.9 Å². The number of nitrogens with one attached hydrogen (secondary N) is 2. The Balaban J connectivity index is 1.91. The predicted octanol–water partition coefficient (Wildman–Crippen LogP) is 2.25. The molecule has 3 N–H and O–H groups in total. The Kier molecular flexibility index (Phi) is 5.11. The van der Waals surface area contributed by atoms with E-state index in [1.165, 1.54) is 5.57 Å². The molecule has 5 heteroatoms. The number of nitrogens with zero attached hydrogens (tertiary/aromatic N) is 2. The molecule has 0 fully saturated rings. The molecule has 0 amide bonds. The number of para-hydroxylation sites is 1. The van der Waals surface area contributed by atoms with Gasteiger partial charge in [-0.3, -0.25) is 9.98 Å². The summed E-state index contributed by atoms with van der Waals surface area (Å²) in [5.74, 6) is 1.94. The highest BCUT2D eigenvalue weighted by Crippen LogP contribution is 2.26. The second-order valence-corrected chi connectivity index (χ2v) is 6.03. The Labute approximate surface area is 142 Å². The minimum absolute atomic E-state index is 0.0174. The van der Waals surface area contributed by atoms with Gasteiger partial charge in [-0.25, -0.2) is 0 Å². The molecule has 3 rings (SSSR count). The molecule has 24 heavy (non-hydrogen) atoms. The number of amidine groups is 2. The van der Waals surface area contributed by atoms with Gasteiger partial charge in [-0.2, -0.15) is 0 Å². The minimum atomic E-state index is 0.0174. The van der Waals surface area contributed by atoms with E-state index in [0.29, 0.717) is 17.9 Å². The number of benzene rings is 1. The summed E-state index contributed by atoms with van der Waals surface area (Å²) in [7, 11) is 0. The highest BCUT2D eigenvalue weighted by atomic mass is 16.3. The lowest BCUT2D eigenvalue weighted by atomic mass is 9.89. The Morgan fingerprint density at radius 3 is 2.96 bits per heavy atom. The van der Waals surface area contributed by atoms with Crippen LogP contribution in [0.4, 0.5) is 0 Å². The van der Waals surface area contributed by atoms with Crippen molar-refractivity contribution >= 4 is 11.7 Å². The molecule has 5 nitrogen and oxygen atoms in total.